The van der Waals surface area contributed by atoms with E-state index < -0.39 is 8.32 Å². The van der Waals surface area contributed by atoms with Crippen LogP contribution >= 0.6 is 11.6 Å². The molecule has 0 aliphatic carbocycles. The van der Waals surface area contributed by atoms with Gasteiger partial charge in [-0.25, -0.2) is 4.98 Å². The number of hydrogen-bond donors (Lipinski definition) is 0. The van der Waals surface area contributed by atoms with Gasteiger partial charge in [-0.1, -0.05) is 32.4 Å². The van der Waals surface area contributed by atoms with Crippen LogP contribution in [0.25, 0.3) is 0 Å². The van der Waals surface area contributed by atoms with Crippen LogP contribution in [0.1, 0.15) is 32.0 Å². The van der Waals surface area contributed by atoms with Gasteiger partial charge in [-0.15, -0.1) is 0 Å². The third-order valence-corrected chi connectivity index (χ3v) is 8.05. The van der Waals surface area contributed by atoms with Crippen molar-refractivity contribution in [2.24, 2.45) is 0 Å². The quantitative estimate of drug-likeness (QED) is 0.594. The standard InChI is InChI=1S/C13H22ClNOSi/c1-10-7-11(15-12(14)8-10)9-16-17(5,6)13(2,3)4/h7-8H,9H2,1-6H3. The molecule has 0 saturated heterocycles. The van der Waals surface area contributed by atoms with Crippen molar-refractivity contribution >= 4 is 19.9 Å². The first-order valence-corrected chi connectivity index (χ1v) is 9.17. The number of rotatable bonds is 3. The summed E-state index contributed by atoms with van der Waals surface area (Å²) in [4.78, 5) is 4.28. The molecule has 1 aromatic rings. The van der Waals surface area contributed by atoms with Gasteiger partial charge in [0, 0.05) is 0 Å². The van der Waals surface area contributed by atoms with Gasteiger partial charge in [-0.2, -0.15) is 0 Å². The van der Waals surface area contributed by atoms with Gasteiger partial charge >= 0.3 is 0 Å². The molecule has 0 saturated carbocycles. The zero-order valence-electron chi connectivity index (χ0n) is 11.6. The highest BCUT2D eigenvalue weighted by molar-refractivity contribution is 6.74. The predicted molar refractivity (Wildman–Crippen MR) is 76.0 cm³/mol. The van der Waals surface area contributed by atoms with E-state index in [9.17, 15) is 0 Å². The van der Waals surface area contributed by atoms with Gasteiger partial charge in [0.15, 0.2) is 8.32 Å². The zero-order chi connectivity index (χ0) is 13.3. The van der Waals surface area contributed by atoms with Crippen molar-refractivity contribution in [3.8, 4) is 0 Å². The molecule has 2 nitrogen and oxygen atoms in total. The molecule has 4 heteroatoms. The van der Waals surface area contributed by atoms with Crippen molar-refractivity contribution in [2.45, 2.75) is 52.4 Å². The van der Waals surface area contributed by atoms with Crippen LogP contribution in [0.15, 0.2) is 12.1 Å². The van der Waals surface area contributed by atoms with Crippen LogP contribution < -0.4 is 0 Å². The highest BCUT2D eigenvalue weighted by Gasteiger charge is 2.37. The van der Waals surface area contributed by atoms with Crippen molar-refractivity contribution in [1.82, 2.24) is 4.98 Å². The Morgan fingerprint density at radius 1 is 1.29 bits per heavy atom. The molecule has 0 spiro atoms. The third-order valence-electron chi connectivity index (χ3n) is 3.38. The average Bonchev–Trinajstić information content (AvgIpc) is 2.11. The van der Waals surface area contributed by atoms with Crippen molar-refractivity contribution in [1.29, 1.82) is 0 Å². The lowest BCUT2D eigenvalue weighted by Gasteiger charge is -2.36. The lowest BCUT2D eigenvalue weighted by molar-refractivity contribution is 0.272. The molecule has 0 radical (unpaired) electrons. The van der Waals surface area contributed by atoms with Crippen LogP contribution in [0.5, 0.6) is 0 Å². The Hall–Kier alpha value is -0.383. The number of hydrogen-bond acceptors (Lipinski definition) is 2. The van der Waals surface area contributed by atoms with Gasteiger partial charge in [0.25, 0.3) is 0 Å². The van der Waals surface area contributed by atoms with Crippen molar-refractivity contribution in [3.63, 3.8) is 0 Å². The maximum Gasteiger partial charge on any atom is 0.192 e. The van der Waals surface area contributed by atoms with Crippen LogP contribution in [-0.4, -0.2) is 13.3 Å². The molecule has 1 heterocycles. The first kappa shape index (κ1) is 14.7. The Balaban J connectivity index is 2.74. The Morgan fingerprint density at radius 3 is 2.35 bits per heavy atom. The number of aromatic nitrogens is 1. The Labute approximate surface area is 110 Å². The van der Waals surface area contributed by atoms with Crippen LogP contribution in [0.4, 0.5) is 0 Å². The fourth-order valence-corrected chi connectivity index (χ4v) is 2.46. The van der Waals surface area contributed by atoms with Crippen LogP contribution in [-0.2, 0) is 11.0 Å². The smallest absolute Gasteiger partial charge is 0.192 e. The van der Waals surface area contributed by atoms with Gasteiger partial charge in [0.2, 0.25) is 0 Å². The SMILES string of the molecule is Cc1cc(Cl)nc(CO[Si](C)(C)C(C)(C)C)c1. The van der Waals surface area contributed by atoms with Gasteiger partial charge in [0.05, 0.1) is 12.3 Å². The molecule has 0 bridgehead atoms. The number of nitrogens with zero attached hydrogens (tertiary/aromatic N) is 1. The molecule has 1 aromatic heterocycles. The van der Waals surface area contributed by atoms with Crippen molar-refractivity contribution in [2.75, 3.05) is 0 Å². The molecule has 0 aliphatic heterocycles. The molecule has 96 valence electrons. The molecule has 0 unspecified atom stereocenters. The van der Waals surface area contributed by atoms with E-state index in [2.05, 4.69) is 38.8 Å². The van der Waals surface area contributed by atoms with Crippen molar-refractivity contribution < 1.29 is 4.43 Å². The Morgan fingerprint density at radius 2 is 1.88 bits per heavy atom. The lowest BCUT2D eigenvalue weighted by atomic mass is 10.2. The summed E-state index contributed by atoms with van der Waals surface area (Å²) in [6.07, 6.45) is 0. The summed E-state index contributed by atoms with van der Waals surface area (Å²) in [7, 11) is -1.71. The molecule has 0 N–H and O–H groups in total. The number of pyridine rings is 1. The van der Waals surface area contributed by atoms with Crippen LogP contribution in [0.2, 0.25) is 23.3 Å². The summed E-state index contributed by atoms with van der Waals surface area (Å²) < 4.78 is 6.11. The molecule has 0 aromatic carbocycles. The van der Waals surface area contributed by atoms with Gasteiger partial charge in [-0.3, -0.25) is 0 Å². The van der Waals surface area contributed by atoms with Gasteiger partial charge in [-0.05, 0) is 42.8 Å². The van der Waals surface area contributed by atoms with Crippen LogP contribution in [0, 0.1) is 6.92 Å². The average molecular weight is 272 g/mol. The fourth-order valence-electron chi connectivity index (χ4n) is 1.24. The summed E-state index contributed by atoms with van der Waals surface area (Å²) in [6.45, 7) is 13.7. The summed E-state index contributed by atoms with van der Waals surface area (Å²) in [5.41, 5.74) is 2.04. The normalized spacial score (nSPS) is 12.9. The zero-order valence-corrected chi connectivity index (χ0v) is 13.4. The first-order valence-electron chi connectivity index (χ1n) is 5.89. The maximum atomic E-state index is 6.11. The largest absolute Gasteiger partial charge is 0.411 e. The molecule has 17 heavy (non-hydrogen) atoms. The van der Waals surface area contributed by atoms with E-state index >= 15 is 0 Å². The van der Waals surface area contributed by atoms with Crippen LogP contribution in [0.3, 0.4) is 0 Å². The van der Waals surface area contributed by atoms with Gasteiger partial charge < -0.3 is 4.43 Å². The van der Waals surface area contributed by atoms with E-state index in [4.69, 9.17) is 16.0 Å². The Kier molecular flexibility index (Phi) is 4.39. The highest BCUT2D eigenvalue weighted by atomic mass is 35.5. The topological polar surface area (TPSA) is 22.1 Å². The van der Waals surface area contributed by atoms with Crippen molar-refractivity contribution in [3.05, 3.63) is 28.5 Å². The second-order valence-electron chi connectivity index (χ2n) is 6.01. The minimum atomic E-state index is -1.71. The van der Waals surface area contributed by atoms with E-state index in [0.717, 1.165) is 11.3 Å². The Bertz CT molecular complexity index is 379. The first-order chi connectivity index (χ1) is 7.62. The molecule has 0 atom stereocenters. The molecule has 0 aliphatic rings. The molecular formula is C13H22ClNOSi. The maximum absolute atomic E-state index is 6.11. The summed E-state index contributed by atoms with van der Waals surface area (Å²) in [5, 5.41) is 0.763. The fraction of sp³-hybridized carbons (Fsp3) is 0.615. The van der Waals surface area contributed by atoms with Gasteiger partial charge in [0.1, 0.15) is 5.15 Å². The molecule has 0 fully saturated rings. The molecule has 1 rings (SSSR count). The summed E-state index contributed by atoms with van der Waals surface area (Å²) in [6, 6.07) is 3.89. The van der Waals surface area contributed by atoms with E-state index in [1.807, 2.05) is 19.1 Å². The highest BCUT2D eigenvalue weighted by Crippen LogP contribution is 2.37. The second-order valence-corrected chi connectivity index (χ2v) is 11.2. The predicted octanol–water partition coefficient (Wildman–Crippen LogP) is 4.57. The minimum Gasteiger partial charge on any atom is -0.411 e. The molecular weight excluding hydrogens is 250 g/mol. The molecule has 0 amide bonds. The van der Waals surface area contributed by atoms with E-state index in [-0.39, 0.29) is 5.04 Å². The number of halogens is 1. The van der Waals surface area contributed by atoms with E-state index in [1.54, 1.807) is 0 Å². The monoisotopic (exact) mass is 271 g/mol. The summed E-state index contributed by atoms with van der Waals surface area (Å²) in [5.74, 6) is 0. The number of aryl methyl sites for hydroxylation is 1. The summed E-state index contributed by atoms with van der Waals surface area (Å²) >= 11 is 5.93. The second kappa shape index (κ2) is 5.08. The minimum absolute atomic E-state index is 0.223. The lowest BCUT2D eigenvalue weighted by Crippen LogP contribution is -2.40. The van der Waals surface area contributed by atoms with E-state index in [1.165, 1.54) is 0 Å². The third kappa shape index (κ3) is 4.09. The van der Waals surface area contributed by atoms with E-state index in [0.29, 0.717) is 11.8 Å².